The fourth-order valence-electron chi connectivity index (χ4n) is 6.23. The summed E-state index contributed by atoms with van der Waals surface area (Å²) in [4.78, 5) is 35.9. The highest BCUT2D eigenvalue weighted by atomic mass is 16.6. The number of hydrogen-bond donors (Lipinski definition) is 1. The predicted molar refractivity (Wildman–Crippen MR) is 239 cm³/mol. The maximum atomic E-state index is 13.7. The van der Waals surface area contributed by atoms with Gasteiger partial charge in [0.05, 0.1) is 5.69 Å². The number of carbonyl (C=O) groups is 2. The Labute approximate surface area is 342 Å². The van der Waals surface area contributed by atoms with Crippen molar-refractivity contribution >= 4 is 40.6 Å². The summed E-state index contributed by atoms with van der Waals surface area (Å²) < 4.78 is 11.8. The number of amides is 2. The lowest BCUT2D eigenvalue weighted by molar-refractivity contribution is -0.477. The Morgan fingerprint density at radius 1 is 0.714 bits per heavy atom. The number of hydrogen-bond acceptors (Lipinski definition) is 5. The highest BCUT2D eigenvalue weighted by Crippen LogP contribution is 2.34. The summed E-state index contributed by atoms with van der Waals surface area (Å²) in [5.74, 6) is 0. The topological polar surface area (TPSA) is 88.1 Å². The van der Waals surface area contributed by atoms with Gasteiger partial charge in [-0.15, -0.1) is 0 Å². The fraction of sp³-hybridized carbons (Fsp3) is 0.604. The van der Waals surface area contributed by atoms with Crippen LogP contribution in [0.2, 0.25) is 0 Å². The van der Waals surface area contributed by atoms with Gasteiger partial charge in [-0.3, -0.25) is 15.1 Å². The van der Waals surface area contributed by atoms with Crippen LogP contribution in [-0.2, 0) is 9.47 Å². The quantitative estimate of drug-likeness (QED) is 0.128. The maximum Gasteiger partial charge on any atom is 0.414 e. The minimum atomic E-state index is -0.609. The van der Waals surface area contributed by atoms with E-state index in [4.69, 9.17) is 14.5 Å². The van der Waals surface area contributed by atoms with Crippen molar-refractivity contribution in [3.8, 4) is 0 Å². The number of aliphatic imine (C=N–C) groups is 1. The van der Waals surface area contributed by atoms with Gasteiger partial charge in [-0.2, -0.15) is 0 Å². The van der Waals surface area contributed by atoms with Crippen molar-refractivity contribution in [3.05, 3.63) is 71.5 Å². The van der Waals surface area contributed by atoms with Gasteiger partial charge in [-0.05, 0) is 104 Å². The van der Waals surface area contributed by atoms with Crippen LogP contribution in [-0.4, -0.2) is 47.1 Å². The predicted octanol–water partition coefficient (Wildman–Crippen LogP) is 13.8. The molecule has 0 heterocycles. The normalized spacial score (nSPS) is 13.4. The molecule has 1 aliphatic rings. The number of aryl methyl sites for hydroxylation is 1. The number of carbonyl (C=O) groups excluding carboxylic acids is 2. The Bertz CT molecular complexity index is 1550. The molecule has 0 saturated heterocycles. The molecule has 0 bridgehead atoms. The summed E-state index contributed by atoms with van der Waals surface area (Å²) >= 11 is 0. The van der Waals surface area contributed by atoms with Gasteiger partial charge >= 0.3 is 12.2 Å². The van der Waals surface area contributed by atoms with Gasteiger partial charge in [0, 0.05) is 37.0 Å². The molecule has 0 aromatic heterocycles. The van der Waals surface area contributed by atoms with Gasteiger partial charge in [0.1, 0.15) is 22.6 Å². The second-order valence-electron chi connectivity index (χ2n) is 16.1. The fourth-order valence-corrected chi connectivity index (χ4v) is 6.23. The van der Waals surface area contributed by atoms with Crippen molar-refractivity contribution in [2.75, 3.05) is 18.0 Å². The Kier molecular flexibility index (Phi) is 23.3. The Morgan fingerprint density at radius 2 is 1.21 bits per heavy atom. The maximum absolute atomic E-state index is 13.7. The van der Waals surface area contributed by atoms with Crippen LogP contribution in [0.4, 0.5) is 32.3 Å². The number of nitrogens with two attached hydrogens (primary N) is 1. The summed E-state index contributed by atoms with van der Waals surface area (Å²) in [5, 5.41) is 2.13. The molecule has 2 N–H and O–H groups in total. The van der Waals surface area contributed by atoms with Crippen molar-refractivity contribution in [3.63, 3.8) is 0 Å². The Balaban J connectivity index is 0.00000379. The van der Waals surface area contributed by atoms with Crippen LogP contribution in [0.15, 0.2) is 70.9 Å². The lowest BCUT2D eigenvalue weighted by Gasteiger charge is -2.31. The van der Waals surface area contributed by atoms with E-state index in [-0.39, 0.29) is 12.2 Å². The second kappa shape index (κ2) is 26.1. The van der Waals surface area contributed by atoms with Gasteiger partial charge in [0.15, 0.2) is 5.69 Å². The SMILES string of the molecule is CC.CC.CCCCCCCN(C(=O)OC(C)(C)C)C1=CCC(=Nc2cc(C)c(N(CCCCCCC)C(=O)OC(C)(C)C)cc2[NH2+]c2ccccc2)C=C1C. The molecule has 2 aromatic rings. The standard InChI is InChI=1S/C44H66N4O4.2C2H6/c1-11-13-15-17-22-28-47(41(49)51-43(5,6)7)39-27-26-36(30-33(39)3)46-37-31-34(4)40(32-38(37)45-35-24-20-19-21-25-35)48(29-23-18-16-14-12-2)42(50)52-44(8,9)10;2*1-2/h19-21,24-25,27,30-32,45H,11-18,22-23,26,28-29H2,1-10H3;2*1-2H3/p+1. The summed E-state index contributed by atoms with van der Waals surface area (Å²) in [7, 11) is 0. The van der Waals surface area contributed by atoms with Crippen molar-refractivity contribution in [2.45, 2.75) is 179 Å². The zero-order chi connectivity index (χ0) is 42.3. The number of para-hydroxylation sites is 1. The molecule has 3 rings (SSSR count). The molecule has 0 atom stereocenters. The molecule has 8 heteroatoms. The first-order valence-corrected chi connectivity index (χ1v) is 21.6. The van der Waals surface area contributed by atoms with Gasteiger partial charge in [-0.25, -0.2) is 14.6 Å². The van der Waals surface area contributed by atoms with Crippen LogP contribution in [0.25, 0.3) is 0 Å². The molecule has 8 nitrogen and oxygen atoms in total. The smallest absolute Gasteiger partial charge is 0.414 e. The van der Waals surface area contributed by atoms with Crippen molar-refractivity contribution in [2.24, 2.45) is 4.99 Å². The van der Waals surface area contributed by atoms with Crippen molar-refractivity contribution in [1.82, 2.24) is 4.90 Å². The van der Waals surface area contributed by atoms with E-state index in [1.54, 1.807) is 9.80 Å². The minimum absolute atomic E-state index is 0.312. The molecule has 2 aromatic carbocycles. The van der Waals surface area contributed by atoms with Crippen LogP contribution < -0.4 is 10.2 Å². The molecule has 0 spiro atoms. The molecule has 0 fully saturated rings. The highest BCUT2D eigenvalue weighted by molar-refractivity contribution is 6.01. The molecule has 56 heavy (non-hydrogen) atoms. The van der Waals surface area contributed by atoms with Gasteiger partial charge in [0.2, 0.25) is 0 Å². The molecule has 2 amide bonds. The molecular weight excluding hydrogens is 697 g/mol. The second-order valence-corrected chi connectivity index (χ2v) is 16.1. The first kappa shape index (κ1) is 50.1. The zero-order valence-corrected chi connectivity index (χ0v) is 37.9. The van der Waals surface area contributed by atoms with Crippen LogP contribution in [0.3, 0.4) is 0 Å². The molecule has 0 radical (unpaired) electrons. The minimum Gasteiger partial charge on any atom is -0.443 e. The number of unbranched alkanes of at least 4 members (excludes halogenated alkanes) is 8. The average molecular weight is 776 g/mol. The van der Waals surface area contributed by atoms with Gasteiger partial charge < -0.3 is 9.47 Å². The summed E-state index contributed by atoms with van der Waals surface area (Å²) in [6.45, 7) is 29.1. The van der Waals surface area contributed by atoms with E-state index in [0.717, 1.165) is 77.4 Å². The van der Waals surface area contributed by atoms with Crippen LogP contribution in [0.1, 0.15) is 166 Å². The first-order valence-electron chi connectivity index (χ1n) is 21.6. The van der Waals surface area contributed by atoms with Crippen LogP contribution in [0.5, 0.6) is 0 Å². The number of rotatable bonds is 17. The van der Waals surface area contributed by atoms with Gasteiger partial charge in [-0.1, -0.05) is 117 Å². The van der Waals surface area contributed by atoms with E-state index in [9.17, 15) is 9.59 Å². The van der Waals surface area contributed by atoms with E-state index in [0.29, 0.717) is 19.5 Å². The number of ether oxygens (including phenoxy) is 2. The van der Waals surface area contributed by atoms with Crippen molar-refractivity contribution < 1.29 is 24.4 Å². The van der Waals surface area contributed by atoms with Crippen molar-refractivity contribution in [1.29, 1.82) is 0 Å². The summed E-state index contributed by atoms with van der Waals surface area (Å²) in [6, 6.07) is 14.4. The molecule has 0 aliphatic heterocycles. The monoisotopic (exact) mass is 776 g/mol. The molecular formula is C48H79N4O4+. The average Bonchev–Trinajstić information content (AvgIpc) is 3.14. The third-order valence-electron chi connectivity index (χ3n) is 8.80. The van der Waals surface area contributed by atoms with E-state index < -0.39 is 11.2 Å². The molecule has 0 saturated carbocycles. The third kappa shape index (κ3) is 18.4. The third-order valence-corrected chi connectivity index (χ3v) is 8.80. The van der Waals surface area contributed by atoms with E-state index in [1.165, 1.54) is 32.1 Å². The summed E-state index contributed by atoms with van der Waals surface area (Å²) in [5.41, 5.74) is 6.16. The highest BCUT2D eigenvalue weighted by Gasteiger charge is 2.28. The van der Waals surface area contributed by atoms with Crippen LogP contribution in [0, 0.1) is 6.92 Å². The molecule has 0 unspecified atom stereocenters. The number of quaternary nitrogens is 1. The zero-order valence-electron chi connectivity index (χ0n) is 37.9. The van der Waals surface area contributed by atoms with Crippen LogP contribution >= 0.6 is 0 Å². The number of nitrogens with zero attached hydrogens (tertiary/aromatic N) is 3. The first-order chi connectivity index (χ1) is 26.6. The summed E-state index contributed by atoms with van der Waals surface area (Å²) in [6.07, 6.45) is 15.2. The van der Waals surface area contributed by atoms with E-state index in [2.05, 4.69) is 55.6 Å². The van der Waals surface area contributed by atoms with E-state index in [1.807, 2.05) is 101 Å². The number of allylic oxidation sites excluding steroid dienone is 3. The molecule has 314 valence electrons. The largest absolute Gasteiger partial charge is 0.443 e. The number of benzene rings is 2. The van der Waals surface area contributed by atoms with Gasteiger partial charge in [0.25, 0.3) is 0 Å². The Morgan fingerprint density at radius 3 is 1.71 bits per heavy atom. The lowest BCUT2D eigenvalue weighted by Crippen LogP contribution is -2.71. The molecule has 1 aliphatic carbocycles. The lowest BCUT2D eigenvalue weighted by atomic mass is 10.0. The Hall–Kier alpha value is -3.91. The van der Waals surface area contributed by atoms with E-state index >= 15 is 0 Å². The number of anilines is 1.